The number of nitro groups is 1. The number of benzene rings is 1. The molecule has 3 rings (SSSR count). The monoisotopic (exact) mass is 289 g/mol. The third kappa shape index (κ3) is 2.32. The van der Waals surface area contributed by atoms with Crippen molar-refractivity contribution in [3.05, 3.63) is 57.2 Å². The number of para-hydroxylation sites is 1. The molecule has 0 unspecified atom stereocenters. The molecule has 2 heterocycles. The molecule has 0 bridgehead atoms. The molecule has 0 radical (unpaired) electrons. The highest BCUT2D eigenvalue weighted by Gasteiger charge is 2.21. The van der Waals surface area contributed by atoms with Crippen LogP contribution in [0.1, 0.15) is 12.0 Å². The lowest BCUT2D eigenvalue weighted by molar-refractivity contribution is -0.384. The van der Waals surface area contributed by atoms with E-state index in [4.69, 9.17) is 11.6 Å². The number of pyridine rings is 1. The highest BCUT2D eigenvalue weighted by molar-refractivity contribution is 6.29. The van der Waals surface area contributed by atoms with Gasteiger partial charge >= 0.3 is 0 Å². The van der Waals surface area contributed by atoms with E-state index in [1.807, 2.05) is 23.1 Å². The Morgan fingerprint density at radius 1 is 1.30 bits per heavy atom. The normalized spacial score (nSPS) is 13.9. The Bertz CT molecular complexity index is 675. The van der Waals surface area contributed by atoms with Gasteiger partial charge in [-0.2, -0.15) is 0 Å². The predicted molar refractivity (Wildman–Crippen MR) is 77.7 cm³/mol. The molecule has 6 heteroatoms. The molecular formula is C14H12ClN3O2. The van der Waals surface area contributed by atoms with Gasteiger partial charge in [-0.1, -0.05) is 29.8 Å². The molecular weight excluding hydrogens is 278 g/mol. The molecule has 1 aliphatic heterocycles. The summed E-state index contributed by atoms with van der Waals surface area (Å²) in [4.78, 5) is 16.7. The number of nitrogens with zero attached hydrogens (tertiary/aromatic N) is 3. The maximum atomic E-state index is 10.9. The summed E-state index contributed by atoms with van der Waals surface area (Å²) in [5, 5.41) is 11.1. The van der Waals surface area contributed by atoms with Crippen molar-refractivity contribution in [2.24, 2.45) is 0 Å². The Morgan fingerprint density at radius 2 is 2.10 bits per heavy atom. The van der Waals surface area contributed by atoms with E-state index in [1.54, 1.807) is 0 Å². The number of hydrogen-bond donors (Lipinski definition) is 0. The quantitative estimate of drug-likeness (QED) is 0.480. The molecule has 0 aliphatic carbocycles. The minimum Gasteiger partial charge on any atom is -0.326 e. The lowest BCUT2D eigenvalue weighted by atomic mass is 10.0. The predicted octanol–water partition coefficient (Wildman–Crippen LogP) is 3.73. The smallest absolute Gasteiger partial charge is 0.276 e. The van der Waals surface area contributed by atoms with Gasteiger partial charge in [-0.25, -0.2) is 4.98 Å². The Morgan fingerprint density at radius 3 is 2.90 bits per heavy atom. The first-order valence-electron chi connectivity index (χ1n) is 6.32. The molecule has 102 valence electrons. The number of halogens is 1. The molecule has 0 atom stereocenters. The highest BCUT2D eigenvalue weighted by Crippen LogP contribution is 2.34. The summed E-state index contributed by atoms with van der Waals surface area (Å²) in [5.41, 5.74) is 2.23. The van der Waals surface area contributed by atoms with Crippen LogP contribution in [0.25, 0.3) is 0 Å². The molecule has 1 aliphatic rings. The van der Waals surface area contributed by atoms with Gasteiger partial charge < -0.3 is 4.90 Å². The maximum Gasteiger partial charge on any atom is 0.276 e. The molecule has 0 N–H and O–H groups in total. The van der Waals surface area contributed by atoms with Gasteiger partial charge in [0.05, 0.1) is 17.1 Å². The summed E-state index contributed by atoms with van der Waals surface area (Å²) in [5.74, 6) is 0.524. The van der Waals surface area contributed by atoms with Crippen LogP contribution in [0, 0.1) is 10.1 Å². The highest BCUT2D eigenvalue weighted by atomic mass is 35.5. The number of anilines is 2. The van der Waals surface area contributed by atoms with Crippen molar-refractivity contribution in [3.8, 4) is 0 Å². The molecule has 20 heavy (non-hydrogen) atoms. The van der Waals surface area contributed by atoms with Crippen molar-refractivity contribution in [3.63, 3.8) is 0 Å². The van der Waals surface area contributed by atoms with Crippen molar-refractivity contribution < 1.29 is 4.92 Å². The Labute approximate surface area is 121 Å². The van der Waals surface area contributed by atoms with Crippen LogP contribution in [-0.2, 0) is 6.42 Å². The van der Waals surface area contributed by atoms with E-state index in [0.717, 1.165) is 25.1 Å². The minimum absolute atomic E-state index is 0.0388. The van der Waals surface area contributed by atoms with Crippen molar-refractivity contribution in [2.75, 3.05) is 11.4 Å². The van der Waals surface area contributed by atoms with E-state index in [0.29, 0.717) is 5.82 Å². The van der Waals surface area contributed by atoms with Crippen LogP contribution < -0.4 is 4.90 Å². The van der Waals surface area contributed by atoms with Crippen molar-refractivity contribution in [1.29, 1.82) is 0 Å². The molecule has 1 aromatic carbocycles. The first-order chi connectivity index (χ1) is 9.65. The largest absolute Gasteiger partial charge is 0.326 e. The molecule has 0 saturated heterocycles. The Kier molecular flexibility index (Phi) is 3.28. The third-order valence-corrected chi connectivity index (χ3v) is 3.56. The molecule has 0 saturated carbocycles. The van der Waals surface area contributed by atoms with Crippen molar-refractivity contribution in [1.82, 2.24) is 4.98 Å². The fraction of sp³-hybridized carbons (Fsp3) is 0.214. The number of hydrogen-bond acceptors (Lipinski definition) is 4. The zero-order chi connectivity index (χ0) is 14.1. The second-order valence-electron chi connectivity index (χ2n) is 4.65. The van der Waals surface area contributed by atoms with Gasteiger partial charge in [0.2, 0.25) is 0 Å². The standard InChI is InChI=1S/C14H12ClN3O2/c15-13-8-11(18(19)20)9-14(16-13)17-7-3-5-10-4-1-2-6-12(10)17/h1-2,4,6,8-9H,3,5,7H2. The summed E-state index contributed by atoms with van der Waals surface area (Å²) in [6.45, 7) is 0.779. The number of aromatic nitrogens is 1. The molecule has 1 aromatic heterocycles. The van der Waals surface area contributed by atoms with E-state index in [9.17, 15) is 10.1 Å². The molecule has 2 aromatic rings. The van der Waals surface area contributed by atoms with Crippen LogP contribution in [0.2, 0.25) is 5.15 Å². The summed E-state index contributed by atoms with van der Waals surface area (Å²) in [6, 6.07) is 10.8. The summed E-state index contributed by atoms with van der Waals surface area (Å²) in [6.07, 6.45) is 1.99. The van der Waals surface area contributed by atoms with Crippen molar-refractivity contribution >= 4 is 28.8 Å². The average Bonchev–Trinajstić information content (AvgIpc) is 2.46. The van der Waals surface area contributed by atoms with Gasteiger partial charge in [-0.05, 0) is 24.5 Å². The first kappa shape index (κ1) is 12.9. The average molecular weight is 290 g/mol. The topological polar surface area (TPSA) is 59.3 Å². The van der Waals surface area contributed by atoms with Crippen LogP contribution in [0.3, 0.4) is 0 Å². The zero-order valence-electron chi connectivity index (χ0n) is 10.6. The van der Waals surface area contributed by atoms with Crippen LogP contribution >= 0.6 is 11.6 Å². The fourth-order valence-corrected chi connectivity index (χ4v) is 2.68. The Balaban J connectivity index is 2.08. The van der Waals surface area contributed by atoms with Gasteiger partial charge in [0.1, 0.15) is 11.0 Å². The fourth-order valence-electron chi connectivity index (χ4n) is 2.49. The second kappa shape index (κ2) is 5.09. The molecule has 0 amide bonds. The van der Waals surface area contributed by atoms with Gasteiger partial charge in [0, 0.05) is 12.2 Å². The van der Waals surface area contributed by atoms with Gasteiger partial charge in [0.25, 0.3) is 5.69 Å². The van der Waals surface area contributed by atoms with E-state index in [2.05, 4.69) is 11.1 Å². The van der Waals surface area contributed by atoms with E-state index < -0.39 is 4.92 Å². The Hall–Kier alpha value is -2.14. The summed E-state index contributed by atoms with van der Waals surface area (Å²) < 4.78 is 0. The van der Waals surface area contributed by atoms with Crippen LogP contribution in [0.4, 0.5) is 17.2 Å². The lowest BCUT2D eigenvalue weighted by Crippen LogP contribution is -2.25. The zero-order valence-corrected chi connectivity index (χ0v) is 11.4. The lowest BCUT2D eigenvalue weighted by Gasteiger charge is -2.30. The number of fused-ring (bicyclic) bond motifs is 1. The van der Waals surface area contributed by atoms with Crippen LogP contribution in [-0.4, -0.2) is 16.5 Å². The van der Waals surface area contributed by atoms with Gasteiger partial charge in [-0.3, -0.25) is 10.1 Å². The van der Waals surface area contributed by atoms with Crippen molar-refractivity contribution in [2.45, 2.75) is 12.8 Å². The molecule has 0 fully saturated rings. The summed E-state index contributed by atoms with van der Waals surface area (Å²) in [7, 11) is 0. The SMILES string of the molecule is O=[N+]([O-])c1cc(Cl)nc(N2CCCc3ccccc32)c1. The van der Waals surface area contributed by atoms with E-state index in [1.165, 1.54) is 17.7 Å². The van der Waals surface area contributed by atoms with Crippen LogP contribution in [0.5, 0.6) is 0 Å². The molecule has 0 spiro atoms. The second-order valence-corrected chi connectivity index (χ2v) is 5.03. The number of aryl methyl sites for hydroxylation is 1. The van der Waals surface area contributed by atoms with Crippen LogP contribution in [0.15, 0.2) is 36.4 Å². The maximum absolute atomic E-state index is 10.9. The third-order valence-electron chi connectivity index (χ3n) is 3.36. The van der Waals surface area contributed by atoms with Gasteiger partial charge in [-0.15, -0.1) is 0 Å². The van der Waals surface area contributed by atoms with Gasteiger partial charge in [0.15, 0.2) is 0 Å². The van der Waals surface area contributed by atoms with E-state index >= 15 is 0 Å². The number of rotatable bonds is 2. The first-order valence-corrected chi connectivity index (χ1v) is 6.70. The summed E-state index contributed by atoms with van der Waals surface area (Å²) >= 11 is 5.90. The van der Waals surface area contributed by atoms with E-state index in [-0.39, 0.29) is 10.8 Å². The molecule has 5 nitrogen and oxygen atoms in total. The minimum atomic E-state index is -0.451.